The van der Waals surface area contributed by atoms with Gasteiger partial charge in [-0.25, -0.2) is 4.39 Å². The Labute approximate surface area is 113 Å². The van der Waals surface area contributed by atoms with Crippen molar-refractivity contribution in [2.45, 2.75) is 13.3 Å². The fourth-order valence-electron chi connectivity index (χ4n) is 1.77. The van der Waals surface area contributed by atoms with E-state index in [0.717, 1.165) is 10.0 Å². The van der Waals surface area contributed by atoms with Crippen molar-refractivity contribution in [3.8, 4) is 0 Å². The number of ketones is 1. The Morgan fingerprint density at radius 1 is 1.33 bits per heavy atom. The third-order valence-corrected chi connectivity index (χ3v) is 3.05. The summed E-state index contributed by atoms with van der Waals surface area (Å²) in [7, 11) is 0. The number of hydrogen-bond acceptors (Lipinski definition) is 2. The van der Waals surface area contributed by atoms with E-state index in [1.165, 1.54) is 18.2 Å². The molecule has 92 valence electrons. The Kier molecular flexibility index (Phi) is 3.87. The van der Waals surface area contributed by atoms with E-state index in [-0.39, 0.29) is 18.0 Å². The summed E-state index contributed by atoms with van der Waals surface area (Å²) in [6, 6.07) is 6.05. The number of carbonyl (C=O) groups is 1. The van der Waals surface area contributed by atoms with Gasteiger partial charge in [-0.2, -0.15) is 0 Å². The number of nitrogens with zero attached hydrogens (tertiary/aromatic N) is 1. The highest BCUT2D eigenvalue weighted by Crippen LogP contribution is 2.15. The van der Waals surface area contributed by atoms with Crippen molar-refractivity contribution in [2.75, 3.05) is 0 Å². The fraction of sp³-hybridized carbons (Fsp3) is 0.143. The molecular weight excluding hydrogens is 297 g/mol. The molecule has 2 aromatic rings. The number of aryl methyl sites for hydroxylation is 1. The average Bonchev–Trinajstić information content (AvgIpc) is 2.28. The highest BCUT2D eigenvalue weighted by molar-refractivity contribution is 9.10. The van der Waals surface area contributed by atoms with Crippen LogP contribution in [0.1, 0.15) is 21.5 Å². The lowest BCUT2D eigenvalue weighted by Gasteiger charge is -2.05. The molecule has 0 amide bonds. The van der Waals surface area contributed by atoms with Crippen molar-refractivity contribution in [3.63, 3.8) is 0 Å². The molecular formula is C14H11BrFNO. The van der Waals surface area contributed by atoms with E-state index in [1.807, 2.05) is 6.07 Å². The van der Waals surface area contributed by atoms with Gasteiger partial charge in [-0.15, -0.1) is 0 Å². The highest BCUT2D eigenvalue weighted by atomic mass is 79.9. The van der Waals surface area contributed by atoms with Gasteiger partial charge in [0.15, 0.2) is 5.78 Å². The summed E-state index contributed by atoms with van der Waals surface area (Å²) in [5, 5.41) is 0. The van der Waals surface area contributed by atoms with E-state index in [1.54, 1.807) is 19.3 Å². The van der Waals surface area contributed by atoms with Gasteiger partial charge in [0.25, 0.3) is 0 Å². The van der Waals surface area contributed by atoms with Crippen LogP contribution in [0.3, 0.4) is 0 Å². The lowest BCUT2D eigenvalue weighted by molar-refractivity contribution is 0.0992. The first-order valence-corrected chi connectivity index (χ1v) is 6.24. The molecule has 0 aliphatic carbocycles. The number of pyridine rings is 1. The second-order valence-corrected chi connectivity index (χ2v) is 4.99. The second-order valence-electron chi connectivity index (χ2n) is 4.07. The SMILES string of the molecule is Cc1cc(F)ccc1C(=O)Cc1cncc(Br)c1. The minimum absolute atomic E-state index is 0.0348. The molecule has 4 heteroatoms. The molecule has 0 aliphatic heterocycles. The van der Waals surface area contributed by atoms with Crippen LogP contribution in [0, 0.1) is 12.7 Å². The Hall–Kier alpha value is -1.55. The number of aromatic nitrogens is 1. The van der Waals surface area contributed by atoms with Crippen molar-refractivity contribution >= 4 is 21.7 Å². The first-order chi connectivity index (χ1) is 8.56. The Balaban J connectivity index is 2.22. The number of halogens is 2. The summed E-state index contributed by atoms with van der Waals surface area (Å²) in [5.41, 5.74) is 2.04. The summed E-state index contributed by atoms with van der Waals surface area (Å²) >= 11 is 3.31. The number of Topliss-reactive ketones (excluding diaryl/α,β-unsaturated/α-hetero) is 1. The van der Waals surface area contributed by atoms with Gasteiger partial charge in [0.05, 0.1) is 0 Å². The minimum Gasteiger partial charge on any atom is -0.294 e. The van der Waals surface area contributed by atoms with Gasteiger partial charge in [-0.3, -0.25) is 9.78 Å². The molecule has 18 heavy (non-hydrogen) atoms. The van der Waals surface area contributed by atoms with Crippen LogP contribution in [-0.2, 0) is 6.42 Å². The molecule has 0 saturated carbocycles. The third-order valence-electron chi connectivity index (χ3n) is 2.62. The molecule has 0 spiro atoms. The van der Waals surface area contributed by atoms with E-state index >= 15 is 0 Å². The van der Waals surface area contributed by atoms with E-state index < -0.39 is 0 Å². The van der Waals surface area contributed by atoms with Gasteiger partial charge in [0, 0.05) is 28.9 Å². The zero-order chi connectivity index (χ0) is 13.1. The first-order valence-electron chi connectivity index (χ1n) is 5.45. The average molecular weight is 308 g/mol. The van der Waals surface area contributed by atoms with Crippen molar-refractivity contribution in [1.82, 2.24) is 4.98 Å². The van der Waals surface area contributed by atoms with Crippen LogP contribution in [-0.4, -0.2) is 10.8 Å². The predicted molar refractivity (Wildman–Crippen MR) is 71.1 cm³/mol. The molecule has 1 aromatic heterocycles. The molecule has 1 aromatic carbocycles. The van der Waals surface area contributed by atoms with Crippen molar-refractivity contribution in [3.05, 3.63) is 63.6 Å². The Bertz CT molecular complexity index is 598. The molecule has 0 radical (unpaired) electrons. The van der Waals surface area contributed by atoms with E-state index in [4.69, 9.17) is 0 Å². The third kappa shape index (κ3) is 3.01. The number of carbonyl (C=O) groups excluding carboxylic acids is 1. The molecule has 2 rings (SSSR count). The zero-order valence-corrected chi connectivity index (χ0v) is 11.4. The predicted octanol–water partition coefficient (Wildman–Crippen LogP) is 3.72. The van der Waals surface area contributed by atoms with Crippen LogP contribution in [0.5, 0.6) is 0 Å². The van der Waals surface area contributed by atoms with E-state index in [2.05, 4.69) is 20.9 Å². The Morgan fingerprint density at radius 3 is 2.78 bits per heavy atom. The van der Waals surface area contributed by atoms with E-state index in [9.17, 15) is 9.18 Å². The first kappa shape index (κ1) is 12.9. The highest BCUT2D eigenvalue weighted by Gasteiger charge is 2.11. The molecule has 0 fully saturated rings. The van der Waals surface area contributed by atoms with Gasteiger partial charge in [-0.1, -0.05) is 0 Å². The molecule has 2 nitrogen and oxygen atoms in total. The summed E-state index contributed by atoms with van der Waals surface area (Å²) in [6.07, 6.45) is 3.58. The fourth-order valence-corrected chi connectivity index (χ4v) is 2.19. The van der Waals surface area contributed by atoms with Crippen LogP contribution in [0.4, 0.5) is 4.39 Å². The van der Waals surface area contributed by atoms with Gasteiger partial charge >= 0.3 is 0 Å². The smallest absolute Gasteiger partial charge is 0.167 e. The van der Waals surface area contributed by atoms with Crippen LogP contribution in [0.15, 0.2) is 41.1 Å². The zero-order valence-electron chi connectivity index (χ0n) is 9.78. The van der Waals surface area contributed by atoms with Crippen LogP contribution in [0.25, 0.3) is 0 Å². The number of benzene rings is 1. The normalized spacial score (nSPS) is 10.4. The molecule has 1 heterocycles. The lowest BCUT2D eigenvalue weighted by atomic mass is 10.00. The molecule has 0 saturated heterocycles. The molecule has 0 atom stereocenters. The number of rotatable bonds is 3. The molecule has 0 bridgehead atoms. The monoisotopic (exact) mass is 307 g/mol. The van der Waals surface area contributed by atoms with Crippen LogP contribution >= 0.6 is 15.9 Å². The maximum atomic E-state index is 13.0. The van der Waals surface area contributed by atoms with Crippen LogP contribution < -0.4 is 0 Å². The van der Waals surface area contributed by atoms with Gasteiger partial charge < -0.3 is 0 Å². The molecule has 0 N–H and O–H groups in total. The topological polar surface area (TPSA) is 30.0 Å². The van der Waals surface area contributed by atoms with Crippen molar-refractivity contribution in [2.24, 2.45) is 0 Å². The maximum absolute atomic E-state index is 13.0. The molecule has 0 aliphatic rings. The van der Waals surface area contributed by atoms with Gasteiger partial charge in [0.2, 0.25) is 0 Å². The maximum Gasteiger partial charge on any atom is 0.167 e. The summed E-state index contributed by atoms with van der Waals surface area (Å²) in [5.74, 6) is -0.361. The molecule has 0 unspecified atom stereocenters. The van der Waals surface area contributed by atoms with E-state index in [0.29, 0.717) is 11.1 Å². The van der Waals surface area contributed by atoms with Gasteiger partial charge in [-0.05, 0) is 58.2 Å². The van der Waals surface area contributed by atoms with Crippen molar-refractivity contribution < 1.29 is 9.18 Å². The van der Waals surface area contributed by atoms with Gasteiger partial charge in [0.1, 0.15) is 5.82 Å². The second kappa shape index (κ2) is 5.40. The van der Waals surface area contributed by atoms with Crippen LogP contribution in [0.2, 0.25) is 0 Å². The number of hydrogen-bond donors (Lipinski definition) is 0. The standard InChI is InChI=1S/C14H11BrFNO/c1-9-4-12(16)2-3-13(9)14(18)6-10-5-11(15)8-17-7-10/h2-5,7-8H,6H2,1H3. The largest absolute Gasteiger partial charge is 0.294 e. The summed E-state index contributed by atoms with van der Waals surface area (Å²) < 4.78 is 13.8. The summed E-state index contributed by atoms with van der Waals surface area (Å²) in [6.45, 7) is 1.73. The minimum atomic E-state index is -0.326. The lowest BCUT2D eigenvalue weighted by Crippen LogP contribution is -2.06. The van der Waals surface area contributed by atoms with Crippen molar-refractivity contribution in [1.29, 1.82) is 0 Å². The quantitative estimate of drug-likeness (QED) is 0.809. The Morgan fingerprint density at radius 2 is 2.11 bits per heavy atom. The summed E-state index contributed by atoms with van der Waals surface area (Å²) in [4.78, 5) is 16.1.